The van der Waals surface area contributed by atoms with Gasteiger partial charge >= 0.3 is 39.5 Å². The summed E-state index contributed by atoms with van der Waals surface area (Å²) in [5.41, 5.74) is 0. The van der Waals surface area contributed by atoms with Gasteiger partial charge in [-0.05, 0) is 37.5 Å². The van der Waals surface area contributed by atoms with Crippen molar-refractivity contribution in [3.05, 3.63) is 0 Å². The maximum atomic E-state index is 13.1. The summed E-state index contributed by atoms with van der Waals surface area (Å²) in [5, 5.41) is 10.6. The molecule has 19 heteroatoms. The molecule has 570 valence electrons. The fraction of sp³-hybridized carbons (Fsp3) is 0.948. The lowest BCUT2D eigenvalue weighted by molar-refractivity contribution is -0.161. The first-order valence-corrected chi connectivity index (χ1v) is 43.0. The van der Waals surface area contributed by atoms with Crippen molar-refractivity contribution in [2.75, 3.05) is 39.6 Å². The lowest BCUT2D eigenvalue weighted by Gasteiger charge is -2.21. The largest absolute Gasteiger partial charge is 0.472 e. The fourth-order valence-corrected chi connectivity index (χ4v) is 13.4. The minimum Gasteiger partial charge on any atom is -0.462 e. The molecule has 17 nitrogen and oxygen atoms in total. The highest BCUT2D eigenvalue weighted by molar-refractivity contribution is 7.47. The Hall–Kier alpha value is -1.94. The van der Waals surface area contributed by atoms with Gasteiger partial charge < -0.3 is 33.8 Å². The van der Waals surface area contributed by atoms with Crippen LogP contribution in [0.15, 0.2) is 0 Å². The number of phosphoric ester groups is 2. The topological polar surface area (TPSA) is 237 Å². The Morgan fingerprint density at radius 2 is 0.479 bits per heavy atom. The fourth-order valence-electron chi connectivity index (χ4n) is 11.8. The molecule has 0 heterocycles. The number of aliphatic hydroxyl groups excluding tert-OH is 1. The minimum absolute atomic E-state index is 0.106. The van der Waals surface area contributed by atoms with Crippen molar-refractivity contribution in [1.82, 2.24) is 0 Å². The van der Waals surface area contributed by atoms with Crippen LogP contribution in [0.1, 0.15) is 401 Å². The van der Waals surface area contributed by atoms with Crippen LogP contribution in [0.2, 0.25) is 0 Å². The van der Waals surface area contributed by atoms with Crippen molar-refractivity contribution in [3.8, 4) is 0 Å². The molecule has 0 radical (unpaired) electrons. The summed E-state index contributed by atoms with van der Waals surface area (Å²) in [5.74, 6) is -0.581. The van der Waals surface area contributed by atoms with E-state index >= 15 is 0 Å². The summed E-state index contributed by atoms with van der Waals surface area (Å²) < 4.78 is 68.6. The average molecular weight is 1410 g/mol. The van der Waals surface area contributed by atoms with E-state index < -0.39 is 97.5 Å². The van der Waals surface area contributed by atoms with Crippen LogP contribution < -0.4 is 0 Å². The molecule has 0 aliphatic heterocycles. The third-order valence-corrected chi connectivity index (χ3v) is 19.9. The van der Waals surface area contributed by atoms with Crippen LogP contribution in [0, 0.1) is 11.8 Å². The van der Waals surface area contributed by atoms with Gasteiger partial charge in [0.2, 0.25) is 0 Å². The number of unbranched alkanes of at least 4 members (excludes halogenated alkanes) is 46. The van der Waals surface area contributed by atoms with Crippen molar-refractivity contribution in [2.24, 2.45) is 11.8 Å². The molecule has 3 N–H and O–H groups in total. The monoisotopic (exact) mass is 1410 g/mol. The number of hydrogen-bond donors (Lipinski definition) is 3. The van der Waals surface area contributed by atoms with Crippen LogP contribution in [0.4, 0.5) is 0 Å². The van der Waals surface area contributed by atoms with E-state index in [0.717, 1.165) is 102 Å². The molecular formula is C77H150O17P2. The summed E-state index contributed by atoms with van der Waals surface area (Å²) >= 11 is 0. The molecule has 96 heavy (non-hydrogen) atoms. The highest BCUT2D eigenvalue weighted by Gasteiger charge is 2.30. The summed E-state index contributed by atoms with van der Waals surface area (Å²) in [6.45, 7) is 9.60. The number of hydrogen-bond acceptors (Lipinski definition) is 15. The van der Waals surface area contributed by atoms with Gasteiger partial charge in [0.1, 0.15) is 19.3 Å². The highest BCUT2D eigenvalue weighted by atomic mass is 31.2. The molecule has 0 saturated heterocycles. The van der Waals surface area contributed by atoms with Crippen molar-refractivity contribution in [1.29, 1.82) is 0 Å². The Morgan fingerprint density at radius 1 is 0.281 bits per heavy atom. The van der Waals surface area contributed by atoms with Gasteiger partial charge in [-0.2, -0.15) is 0 Å². The molecule has 2 unspecified atom stereocenters. The van der Waals surface area contributed by atoms with Crippen LogP contribution in [-0.4, -0.2) is 96.7 Å². The lowest BCUT2D eigenvalue weighted by Crippen LogP contribution is -2.30. The summed E-state index contributed by atoms with van der Waals surface area (Å²) in [6.07, 6.45) is 56.8. The number of carbonyl (C=O) groups is 4. The number of ether oxygens (including phenoxy) is 4. The molecule has 0 aliphatic rings. The van der Waals surface area contributed by atoms with Gasteiger partial charge in [0.15, 0.2) is 12.2 Å². The second-order valence-corrected chi connectivity index (χ2v) is 31.6. The summed E-state index contributed by atoms with van der Waals surface area (Å²) in [7, 11) is -9.91. The van der Waals surface area contributed by atoms with Gasteiger partial charge in [-0.25, -0.2) is 9.13 Å². The Labute approximate surface area is 588 Å². The van der Waals surface area contributed by atoms with Gasteiger partial charge in [0, 0.05) is 25.7 Å². The van der Waals surface area contributed by atoms with Gasteiger partial charge in [-0.3, -0.25) is 37.3 Å². The summed E-state index contributed by atoms with van der Waals surface area (Å²) in [6, 6.07) is 0. The molecule has 0 amide bonds. The quantitative estimate of drug-likeness (QED) is 0.0222. The predicted octanol–water partition coefficient (Wildman–Crippen LogP) is 22.7. The zero-order valence-corrected chi connectivity index (χ0v) is 64.5. The third-order valence-electron chi connectivity index (χ3n) is 18.0. The van der Waals surface area contributed by atoms with E-state index in [1.165, 1.54) is 218 Å². The van der Waals surface area contributed by atoms with E-state index in [-0.39, 0.29) is 25.7 Å². The van der Waals surface area contributed by atoms with Crippen molar-refractivity contribution < 1.29 is 80.2 Å². The van der Waals surface area contributed by atoms with Crippen LogP contribution in [0.5, 0.6) is 0 Å². The van der Waals surface area contributed by atoms with E-state index in [9.17, 15) is 43.2 Å². The lowest BCUT2D eigenvalue weighted by atomic mass is 10.0. The second-order valence-electron chi connectivity index (χ2n) is 28.7. The molecule has 0 aromatic rings. The van der Waals surface area contributed by atoms with Crippen LogP contribution in [0.25, 0.3) is 0 Å². The smallest absolute Gasteiger partial charge is 0.462 e. The zero-order chi connectivity index (χ0) is 70.7. The van der Waals surface area contributed by atoms with Crippen molar-refractivity contribution in [3.63, 3.8) is 0 Å². The van der Waals surface area contributed by atoms with E-state index in [2.05, 4.69) is 41.5 Å². The van der Waals surface area contributed by atoms with E-state index in [1.807, 2.05) is 0 Å². The van der Waals surface area contributed by atoms with Crippen LogP contribution in [0.3, 0.4) is 0 Å². The number of rotatable bonds is 76. The Bertz CT molecular complexity index is 1860. The first kappa shape index (κ1) is 94.1. The standard InChI is InChI=1S/C77H150O17P2/c1-7-9-11-13-15-17-19-20-21-22-26-30-36-42-48-54-60-75(80)88-65-72(93-76(81)61-55-49-43-37-31-27-24-23-25-29-33-39-45-51-57-69(3)4)67-91-95(83,84)89-63-71(78)64-90-96(85,86)92-68-73(66-87-74(79)59-53-47-41-35-28-18-16-14-12-10-8-2)94-77(82)62-56-50-44-38-32-34-40-46-52-58-70(5)6/h69-73,78H,7-68H2,1-6H3,(H,83,84)(H,85,86)/t71-,72-,73-/m1/s1. The number of esters is 4. The molecular weight excluding hydrogens is 1260 g/mol. The second kappa shape index (κ2) is 68.8. The molecule has 0 rings (SSSR count). The SMILES string of the molecule is CCCCCCCCCCCCCCCCCCC(=O)OC[C@H](COP(=O)(O)OC[C@@H](O)COP(=O)(O)OC[C@@H](COC(=O)CCCCCCCCCCCCC)OC(=O)CCCCCCCCCCCC(C)C)OC(=O)CCCCCCCCCCCCCCCCC(C)C. The third kappa shape index (κ3) is 70.5. The molecule has 0 bridgehead atoms. The molecule has 0 aromatic carbocycles. The molecule has 0 saturated carbocycles. The van der Waals surface area contributed by atoms with Crippen LogP contribution in [-0.2, 0) is 65.4 Å². The minimum atomic E-state index is -4.96. The predicted molar refractivity (Wildman–Crippen MR) is 391 cm³/mol. The Balaban J connectivity index is 5.25. The van der Waals surface area contributed by atoms with Gasteiger partial charge in [0.25, 0.3) is 0 Å². The highest BCUT2D eigenvalue weighted by Crippen LogP contribution is 2.45. The molecule has 0 aliphatic carbocycles. The molecule has 0 aromatic heterocycles. The maximum absolute atomic E-state index is 13.1. The average Bonchev–Trinajstić information content (AvgIpc) is 1.88. The number of aliphatic hydroxyl groups is 1. The normalized spacial score (nSPS) is 14.0. The molecule has 5 atom stereocenters. The number of carbonyl (C=O) groups excluding carboxylic acids is 4. The van der Waals surface area contributed by atoms with Crippen molar-refractivity contribution in [2.45, 2.75) is 419 Å². The number of phosphoric acid groups is 2. The van der Waals surface area contributed by atoms with E-state index in [0.29, 0.717) is 25.7 Å². The maximum Gasteiger partial charge on any atom is 0.472 e. The van der Waals surface area contributed by atoms with Gasteiger partial charge in [0.05, 0.1) is 26.4 Å². The molecule has 0 fully saturated rings. The first-order chi connectivity index (χ1) is 46.4. The van der Waals surface area contributed by atoms with E-state index in [4.69, 9.17) is 37.0 Å². The van der Waals surface area contributed by atoms with Gasteiger partial charge in [-0.15, -0.1) is 0 Å². The van der Waals surface area contributed by atoms with Gasteiger partial charge in [-0.1, -0.05) is 350 Å². The zero-order valence-electron chi connectivity index (χ0n) is 62.7. The first-order valence-electron chi connectivity index (χ1n) is 40.0. The van der Waals surface area contributed by atoms with E-state index in [1.54, 1.807) is 0 Å². The Morgan fingerprint density at radius 3 is 0.708 bits per heavy atom. The summed E-state index contributed by atoms with van der Waals surface area (Å²) in [4.78, 5) is 72.9. The molecule has 0 spiro atoms. The van der Waals surface area contributed by atoms with Crippen molar-refractivity contribution >= 4 is 39.5 Å². The Kier molecular flexibility index (Phi) is 67.4. The van der Waals surface area contributed by atoms with Crippen LogP contribution >= 0.6 is 15.6 Å².